The number of hydrogen-bond donors (Lipinski definition) is 1. The Bertz CT molecular complexity index is 458. The molecular formula is C12H14N2O2. The minimum atomic E-state index is -0.305. The zero-order valence-corrected chi connectivity index (χ0v) is 9.14. The van der Waals surface area contributed by atoms with Crippen molar-refractivity contribution in [3.05, 3.63) is 39.4 Å². The quantitative estimate of drug-likeness (QED) is 0.579. The Labute approximate surface area is 93.8 Å². The fourth-order valence-electron chi connectivity index (χ4n) is 3.17. The van der Waals surface area contributed by atoms with Gasteiger partial charge < -0.3 is 5.32 Å². The molecule has 0 amide bonds. The first-order valence-electron chi connectivity index (χ1n) is 5.67. The van der Waals surface area contributed by atoms with Gasteiger partial charge in [0.15, 0.2) is 0 Å². The number of nitrogens with one attached hydrogen (secondary N) is 1. The molecule has 4 heteroatoms. The Balaban J connectivity index is 2.12. The number of non-ortho nitro benzene ring substituents is 1. The average Bonchev–Trinajstić information content (AvgIpc) is 2.46. The highest BCUT2D eigenvalue weighted by atomic mass is 16.6. The van der Waals surface area contributed by atoms with Crippen LogP contribution in [0.25, 0.3) is 0 Å². The molecule has 16 heavy (non-hydrogen) atoms. The van der Waals surface area contributed by atoms with Gasteiger partial charge in [0.1, 0.15) is 0 Å². The molecule has 2 aliphatic rings. The summed E-state index contributed by atoms with van der Waals surface area (Å²) in [4.78, 5) is 10.5. The van der Waals surface area contributed by atoms with E-state index in [9.17, 15) is 10.1 Å². The molecule has 1 saturated heterocycles. The van der Waals surface area contributed by atoms with Gasteiger partial charge in [0.25, 0.3) is 5.69 Å². The van der Waals surface area contributed by atoms with E-state index in [1.165, 1.54) is 11.1 Å². The van der Waals surface area contributed by atoms with Gasteiger partial charge in [-0.25, -0.2) is 0 Å². The van der Waals surface area contributed by atoms with Gasteiger partial charge in [-0.1, -0.05) is 13.0 Å². The van der Waals surface area contributed by atoms with Gasteiger partial charge in [0.2, 0.25) is 0 Å². The summed E-state index contributed by atoms with van der Waals surface area (Å²) in [6.45, 7) is 4.20. The zero-order chi connectivity index (χ0) is 11.3. The highest BCUT2D eigenvalue weighted by molar-refractivity contribution is 5.48. The molecule has 1 aromatic carbocycles. The largest absolute Gasteiger partial charge is 0.315 e. The molecule has 1 aromatic rings. The van der Waals surface area contributed by atoms with Crippen molar-refractivity contribution in [3.8, 4) is 0 Å². The SMILES string of the molecule is CC1C2CNCC1c1cc([N+](=O)[O-])ccc12. The summed E-state index contributed by atoms with van der Waals surface area (Å²) in [6, 6.07) is 5.34. The van der Waals surface area contributed by atoms with Crippen LogP contribution in [0.4, 0.5) is 5.69 Å². The lowest BCUT2D eigenvalue weighted by Crippen LogP contribution is -2.34. The molecule has 0 aromatic heterocycles. The van der Waals surface area contributed by atoms with Crippen molar-refractivity contribution in [3.63, 3.8) is 0 Å². The van der Waals surface area contributed by atoms with Crippen LogP contribution in [0.3, 0.4) is 0 Å². The number of hydrogen-bond acceptors (Lipinski definition) is 3. The summed E-state index contributed by atoms with van der Waals surface area (Å²) in [6.07, 6.45) is 0. The van der Waals surface area contributed by atoms with Crippen molar-refractivity contribution < 1.29 is 4.92 Å². The predicted molar refractivity (Wildman–Crippen MR) is 60.6 cm³/mol. The molecule has 1 heterocycles. The molecule has 1 N–H and O–H groups in total. The average molecular weight is 218 g/mol. The number of nitro benzene ring substituents is 1. The Hall–Kier alpha value is -1.42. The summed E-state index contributed by atoms with van der Waals surface area (Å²) in [5.41, 5.74) is 2.73. The maximum absolute atomic E-state index is 10.8. The number of nitro groups is 1. The molecular weight excluding hydrogens is 204 g/mol. The lowest BCUT2D eigenvalue weighted by atomic mass is 9.85. The molecule has 0 radical (unpaired) electrons. The summed E-state index contributed by atoms with van der Waals surface area (Å²) in [5, 5.41) is 14.2. The zero-order valence-electron chi connectivity index (χ0n) is 9.14. The molecule has 3 unspecified atom stereocenters. The van der Waals surface area contributed by atoms with Crippen LogP contribution < -0.4 is 5.32 Å². The third-order valence-corrected chi connectivity index (χ3v) is 4.08. The maximum atomic E-state index is 10.8. The third-order valence-electron chi connectivity index (χ3n) is 4.08. The van der Waals surface area contributed by atoms with Gasteiger partial charge in [-0.05, 0) is 23.0 Å². The lowest BCUT2D eigenvalue weighted by Gasteiger charge is -2.27. The molecule has 2 bridgehead atoms. The summed E-state index contributed by atoms with van der Waals surface area (Å²) in [5.74, 6) is 1.60. The van der Waals surface area contributed by atoms with Gasteiger partial charge in [0, 0.05) is 31.1 Å². The fourth-order valence-corrected chi connectivity index (χ4v) is 3.17. The number of nitrogens with zero attached hydrogens (tertiary/aromatic N) is 1. The van der Waals surface area contributed by atoms with Crippen LogP contribution in [-0.4, -0.2) is 18.0 Å². The van der Waals surface area contributed by atoms with Crippen molar-refractivity contribution in [1.82, 2.24) is 5.32 Å². The summed E-state index contributed by atoms with van der Waals surface area (Å²) in [7, 11) is 0. The van der Waals surface area contributed by atoms with Crippen molar-refractivity contribution >= 4 is 5.69 Å². The Morgan fingerprint density at radius 3 is 2.69 bits per heavy atom. The van der Waals surface area contributed by atoms with E-state index in [1.54, 1.807) is 12.1 Å². The first-order valence-corrected chi connectivity index (χ1v) is 5.67. The molecule has 3 rings (SSSR count). The predicted octanol–water partition coefficient (Wildman–Crippen LogP) is 2.01. The lowest BCUT2D eigenvalue weighted by molar-refractivity contribution is -0.384. The third kappa shape index (κ3) is 1.19. The standard InChI is InChI=1S/C12H14N2O2/c1-7-11-5-13-6-12(7)10-4-8(14(15)16)2-3-9(10)11/h2-4,7,11-13H,5-6H2,1H3. The highest BCUT2D eigenvalue weighted by Crippen LogP contribution is 2.48. The molecule has 3 atom stereocenters. The summed E-state index contributed by atoms with van der Waals surface area (Å²) >= 11 is 0. The monoisotopic (exact) mass is 218 g/mol. The Morgan fingerprint density at radius 1 is 1.31 bits per heavy atom. The van der Waals surface area contributed by atoms with Crippen LogP contribution in [0.2, 0.25) is 0 Å². The molecule has 84 valence electrons. The van der Waals surface area contributed by atoms with Crippen LogP contribution in [0, 0.1) is 16.0 Å². The van der Waals surface area contributed by atoms with Crippen LogP contribution in [0.1, 0.15) is 29.9 Å². The second-order valence-corrected chi connectivity index (χ2v) is 4.80. The van der Waals surface area contributed by atoms with Gasteiger partial charge in [-0.2, -0.15) is 0 Å². The van der Waals surface area contributed by atoms with Crippen LogP contribution in [-0.2, 0) is 0 Å². The van der Waals surface area contributed by atoms with Crippen molar-refractivity contribution in [1.29, 1.82) is 0 Å². The van der Waals surface area contributed by atoms with Crippen molar-refractivity contribution in [2.75, 3.05) is 13.1 Å². The van der Waals surface area contributed by atoms with Gasteiger partial charge in [-0.3, -0.25) is 10.1 Å². The minimum absolute atomic E-state index is 0.221. The fraction of sp³-hybridized carbons (Fsp3) is 0.500. The van der Waals surface area contributed by atoms with E-state index in [4.69, 9.17) is 0 Å². The van der Waals surface area contributed by atoms with E-state index < -0.39 is 0 Å². The topological polar surface area (TPSA) is 55.2 Å². The Kier molecular flexibility index (Phi) is 2.01. The van der Waals surface area contributed by atoms with Gasteiger partial charge in [-0.15, -0.1) is 0 Å². The van der Waals surface area contributed by atoms with E-state index in [0.29, 0.717) is 17.8 Å². The van der Waals surface area contributed by atoms with Gasteiger partial charge in [0.05, 0.1) is 4.92 Å². The van der Waals surface area contributed by atoms with E-state index >= 15 is 0 Å². The van der Waals surface area contributed by atoms with Crippen LogP contribution in [0.5, 0.6) is 0 Å². The van der Waals surface area contributed by atoms with Crippen LogP contribution >= 0.6 is 0 Å². The van der Waals surface area contributed by atoms with Crippen molar-refractivity contribution in [2.45, 2.75) is 18.8 Å². The second-order valence-electron chi connectivity index (χ2n) is 4.80. The van der Waals surface area contributed by atoms with E-state index in [2.05, 4.69) is 12.2 Å². The number of rotatable bonds is 1. The smallest absolute Gasteiger partial charge is 0.269 e. The molecule has 0 spiro atoms. The molecule has 1 aliphatic heterocycles. The number of benzene rings is 1. The molecule has 1 fully saturated rings. The van der Waals surface area contributed by atoms with E-state index in [0.717, 1.165) is 13.1 Å². The number of piperidine rings is 1. The Morgan fingerprint density at radius 2 is 2.00 bits per heavy atom. The summed E-state index contributed by atoms with van der Waals surface area (Å²) < 4.78 is 0. The first-order chi connectivity index (χ1) is 7.68. The van der Waals surface area contributed by atoms with Crippen LogP contribution in [0.15, 0.2) is 18.2 Å². The molecule has 4 nitrogen and oxygen atoms in total. The van der Waals surface area contributed by atoms with Crippen molar-refractivity contribution in [2.24, 2.45) is 5.92 Å². The number of fused-ring (bicyclic) bond motifs is 5. The van der Waals surface area contributed by atoms with Gasteiger partial charge >= 0.3 is 0 Å². The first kappa shape index (κ1) is 9.78. The second kappa shape index (κ2) is 3.28. The molecule has 1 aliphatic carbocycles. The van der Waals surface area contributed by atoms with E-state index in [1.807, 2.05) is 6.07 Å². The highest BCUT2D eigenvalue weighted by Gasteiger charge is 2.41. The minimum Gasteiger partial charge on any atom is -0.315 e. The maximum Gasteiger partial charge on any atom is 0.269 e. The normalized spacial score (nSPS) is 31.2. The molecule has 0 saturated carbocycles. The van der Waals surface area contributed by atoms with E-state index in [-0.39, 0.29) is 10.6 Å².